The molecule has 0 rings (SSSR count). The number of ether oxygens (including phenoxy) is 1. The summed E-state index contributed by atoms with van der Waals surface area (Å²) < 4.78 is 4.80. The second kappa shape index (κ2) is 7.09. The van der Waals surface area contributed by atoms with Crippen LogP contribution in [0, 0.1) is 0 Å². The minimum absolute atomic E-state index is 0.0265. The highest BCUT2D eigenvalue weighted by molar-refractivity contribution is 5.80. The molecule has 0 aliphatic carbocycles. The second-order valence-corrected chi connectivity index (χ2v) is 3.40. The van der Waals surface area contributed by atoms with Crippen LogP contribution in [-0.4, -0.2) is 55.6 Å². The Balaban J connectivity index is 4.26. The number of hydrogen-bond donors (Lipinski definition) is 0. The number of hydrogen-bond acceptors (Lipinski definition) is 3. The monoisotopic (exact) mass is 216 g/mol. The van der Waals surface area contributed by atoms with E-state index in [1.165, 1.54) is 9.80 Å². The van der Waals surface area contributed by atoms with Gasteiger partial charge in [0, 0.05) is 20.6 Å². The van der Waals surface area contributed by atoms with E-state index in [1.807, 2.05) is 6.92 Å². The highest BCUT2D eigenvalue weighted by atomic mass is 16.5. The van der Waals surface area contributed by atoms with Crippen LogP contribution in [0.4, 0.5) is 4.79 Å². The summed E-state index contributed by atoms with van der Waals surface area (Å²) in [4.78, 5) is 25.8. The Hall–Kier alpha value is -1.26. The lowest BCUT2D eigenvalue weighted by molar-refractivity contribution is -0.143. The predicted molar refractivity (Wildman–Crippen MR) is 57.6 cm³/mol. The Bertz CT molecular complexity index is 217. The van der Waals surface area contributed by atoms with Crippen LogP contribution in [-0.2, 0) is 9.53 Å². The topological polar surface area (TPSA) is 49.9 Å². The van der Waals surface area contributed by atoms with Crippen LogP contribution in [0.25, 0.3) is 0 Å². The van der Waals surface area contributed by atoms with Gasteiger partial charge >= 0.3 is 12.0 Å². The first-order valence-corrected chi connectivity index (χ1v) is 5.14. The third-order valence-corrected chi connectivity index (χ3v) is 1.77. The smallest absolute Gasteiger partial charge is 0.325 e. The van der Waals surface area contributed by atoms with E-state index >= 15 is 0 Å². The first kappa shape index (κ1) is 13.7. The third kappa shape index (κ3) is 5.24. The number of carbonyl (C=O) groups is 2. The van der Waals surface area contributed by atoms with Crippen molar-refractivity contribution in [1.82, 2.24) is 9.80 Å². The fraction of sp³-hybridized carbons (Fsp3) is 0.800. The standard InChI is InChI=1S/C10H20N2O3/c1-5-7-12(10(14)11(3)4)8-9(13)15-6-2/h5-8H2,1-4H3. The molecule has 0 N–H and O–H groups in total. The molecule has 0 atom stereocenters. The summed E-state index contributed by atoms with van der Waals surface area (Å²) in [6.07, 6.45) is 0.818. The van der Waals surface area contributed by atoms with Gasteiger partial charge in [0.05, 0.1) is 6.61 Å². The van der Waals surface area contributed by atoms with Crippen molar-refractivity contribution < 1.29 is 14.3 Å². The van der Waals surface area contributed by atoms with Gasteiger partial charge in [-0.3, -0.25) is 4.79 Å². The van der Waals surface area contributed by atoms with Gasteiger partial charge in [-0.05, 0) is 13.3 Å². The molecule has 15 heavy (non-hydrogen) atoms. The summed E-state index contributed by atoms with van der Waals surface area (Å²) in [6, 6.07) is -0.162. The molecule has 0 heterocycles. The van der Waals surface area contributed by atoms with Gasteiger partial charge in [-0.2, -0.15) is 0 Å². The van der Waals surface area contributed by atoms with E-state index in [2.05, 4.69) is 0 Å². The first-order valence-electron chi connectivity index (χ1n) is 5.14. The maximum absolute atomic E-state index is 11.6. The summed E-state index contributed by atoms with van der Waals surface area (Å²) in [7, 11) is 3.33. The normalized spacial score (nSPS) is 9.60. The predicted octanol–water partition coefficient (Wildman–Crippen LogP) is 0.943. The minimum Gasteiger partial charge on any atom is -0.465 e. The van der Waals surface area contributed by atoms with Gasteiger partial charge in [0.15, 0.2) is 0 Å². The van der Waals surface area contributed by atoms with Crippen LogP contribution < -0.4 is 0 Å². The maximum Gasteiger partial charge on any atom is 0.325 e. The van der Waals surface area contributed by atoms with Crippen LogP contribution in [0.15, 0.2) is 0 Å². The number of rotatable bonds is 5. The number of urea groups is 1. The van der Waals surface area contributed by atoms with E-state index in [4.69, 9.17) is 4.74 Å². The Kier molecular flexibility index (Phi) is 6.49. The molecule has 5 heteroatoms. The maximum atomic E-state index is 11.6. The number of esters is 1. The van der Waals surface area contributed by atoms with Crippen molar-refractivity contribution in [3.63, 3.8) is 0 Å². The molecule has 0 aromatic rings. The molecule has 0 saturated heterocycles. The fourth-order valence-electron chi connectivity index (χ4n) is 1.16. The molecule has 0 spiro atoms. The van der Waals surface area contributed by atoms with Crippen LogP contribution in [0.5, 0.6) is 0 Å². The fourth-order valence-corrected chi connectivity index (χ4v) is 1.16. The van der Waals surface area contributed by atoms with Crippen LogP contribution in [0.1, 0.15) is 20.3 Å². The molecule has 0 aromatic heterocycles. The second-order valence-electron chi connectivity index (χ2n) is 3.40. The van der Waals surface area contributed by atoms with E-state index in [0.717, 1.165) is 6.42 Å². The van der Waals surface area contributed by atoms with Crippen molar-refractivity contribution >= 4 is 12.0 Å². The highest BCUT2D eigenvalue weighted by Gasteiger charge is 2.18. The van der Waals surface area contributed by atoms with Gasteiger partial charge in [-0.15, -0.1) is 0 Å². The van der Waals surface area contributed by atoms with Crippen LogP contribution >= 0.6 is 0 Å². The van der Waals surface area contributed by atoms with Gasteiger partial charge < -0.3 is 14.5 Å². The molecule has 0 radical (unpaired) electrons. The van der Waals surface area contributed by atoms with Crippen LogP contribution in [0.2, 0.25) is 0 Å². The zero-order valence-electron chi connectivity index (χ0n) is 9.95. The van der Waals surface area contributed by atoms with Gasteiger partial charge in [0.25, 0.3) is 0 Å². The lowest BCUT2D eigenvalue weighted by atomic mass is 10.4. The van der Waals surface area contributed by atoms with Crippen molar-refractivity contribution in [3.8, 4) is 0 Å². The average molecular weight is 216 g/mol. The average Bonchev–Trinajstić information content (AvgIpc) is 2.16. The Morgan fingerprint density at radius 3 is 2.20 bits per heavy atom. The Labute approximate surface area is 91.0 Å². The molecular weight excluding hydrogens is 196 g/mol. The molecule has 2 amide bonds. The van der Waals surface area contributed by atoms with Crippen molar-refractivity contribution in [2.24, 2.45) is 0 Å². The van der Waals surface area contributed by atoms with E-state index in [1.54, 1.807) is 21.0 Å². The Morgan fingerprint density at radius 2 is 1.80 bits per heavy atom. The van der Waals surface area contributed by atoms with E-state index in [9.17, 15) is 9.59 Å². The Morgan fingerprint density at radius 1 is 1.20 bits per heavy atom. The molecule has 0 bridgehead atoms. The molecule has 0 fully saturated rings. The van der Waals surface area contributed by atoms with Crippen molar-refractivity contribution in [2.75, 3.05) is 33.8 Å². The molecule has 0 aliphatic heterocycles. The molecule has 0 saturated carbocycles. The van der Waals surface area contributed by atoms with Crippen molar-refractivity contribution in [3.05, 3.63) is 0 Å². The minimum atomic E-state index is -0.360. The molecular formula is C10H20N2O3. The van der Waals surface area contributed by atoms with Crippen molar-refractivity contribution in [2.45, 2.75) is 20.3 Å². The summed E-state index contributed by atoms with van der Waals surface area (Å²) in [6.45, 7) is 4.64. The molecule has 88 valence electrons. The van der Waals surface area contributed by atoms with E-state index in [-0.39, 0.29) is 18.5 Å². The summed E-state index contributed by atoms with van der Waals surface area (Å²) >= 11 is 0. The zero-order chi connectivity index (χ0) is 11.8. The SMILES string of the molecule is CCCN(CC(=O)OCC)C(=O)N(C)C. The lowest BCUT2D eigenvalue weighted by Crippen LogP contribution is -2.42. The molecule has 0 aliphatic rings. The highest BCUT2D eigenvalue weighted by Crippen LogP contribution is 1.98. The van der Waals surface area contributed by atoms with E-state index < -0.39 is 0 Å². The molecule has 0 aromatic carbocycles. The first-order chi connectivity index (χ1) is 7.02. The van der Waals surface area contributed by atoms with Gasteiger partial charge in [-0.25, -0.2) is 4.79 Å². The summed E-state index contributed by atoms with van der Waals surface area (Å²) in [5.74, 6) is -0.360. The summed E-state index contributed by atoms with van der Waals surface area (Å²) in [5.41, 5.74) is 0. The van der Waals surface area contributed by atoms with Gasteiger partial charge in [-0.1, -0.05) is 6.92 Å². The third-order valence-electron chi connectivity index (χ3n) is 1.77. The van der Waals surface area contributed by atoms with Crippen molar-refractivity contribution in [1.29, 1.82) is 0 Å². The van der Waals surface area contributed by atoms with E-state index in [0.29, 0.717) is 13.2 Å². The zero-order valence-corrected chi connectivity index (χ0v) is 9.95. The van der Waals surface area contributed by atoms with Crippen LogP contribution in [0.3, 0.4) is 0 Å². The lowest BCUT2D eigenvalue weighted by Gasteiger charge is -2.24. The number of nitrogens with zero attached hydrogens (tertiary/aromatic N) is 2. The number of amides is 2. The largest absolute Gasteiger partial charge is 0.465 e. The molecule has 5 nitrogen and oxygen atoms in total. The van der Waals surface area contributed by atoms with Gasteiger partial charge in [0.2, 0.25) is 0 Å². The summed E-state index contributed by atoms with van der Waals surface area (Å²) in [5, 5.41) is 0. The quantitative estimate of drug-likeness (QED) is 0.643. The molecule has 0 unspecified atom stereocenters. The number of carbonyl (C=O) groups excluding carboxylic acids is 2. The van der Waals surface area contributed by atoms with Gasteiger partial charge in [0.1, 0.15) is 6.54 Å².